The summed E-state index contributed by atoms with van der Waals surface area (Å²) >= 11 is 2.18. The fourth-order valence-electron chi connectivity index (χ4n) is 1.11. The quantitative estimate of drug-likeness (QED) is 0.838. The molecule has 1 rings (SSSR count). The topological polar surface area (TPSA) is 57.5 Å². The third-order valence-electron chi connectivity index (χ3n) is 1.89. The molecule has 0 aliphatic heterocycles. The smallest absolute Gasteiger partial charge is 0.303 e. The van der Waals surface area contributed by atoms with Crippen LogP contribution >= 0.6 is 22.6 Å². The molecule has 0 radical (unpaired) electrons. The molecule has 0 spiro atoms. The van der Waals surface area contributed by atoms with E-state index in [0.717, 1.165) is 9.13 Å². The summed E-state index contributed by atoms with van der Waals surface area (Å²) in [6.45, 7) is 0. The van der Waals surface area contributed by atoms with Crippen LogP contribution in [-0.2, 0) is 4.79 Å². The Labute approximate surface area is 95.9 Å². The number of hydrogen-bond acceptors (Lipinski definition) is 2. The summed E-state index contributed by atoms with van der Waals surface area (Å²) < 4.78 is 1.09. The van der Waals surface area contributed by atoms with E-state index in [4.69, 9.17) is 5.11 Å². The Morgan fingerprint density at radius 3 is 2.43 bits per heavy atom. The molecule has 0 fully saturated rings. The third kappa shape index (κ3) is 3.63. The summed E-state index contributed by atoms with van der Waals surface area (Å²) in [6, 6.07) is 7.41. The average molecular weight is 306 g/mol. The Bertz CT molecular complexity index is 308. The van der Waals surface area contributed by atoms with Crippen molar-refractivity contribution in [2.75, 3.05) is 0 Å². The van der Waals surface area contributed by atoms with Gasteiger partial charge in [0.15, 0.2) is 0 Å². The summed E-state index contributed by atoms with van der Waals surface area (Å²) in [5.41, 5.74) is 0.770. The maximum atomic E-state index is 10.3. The Hall–Kier alpha value is -0.620. The van der Waals surface area contributed by atoms with E-state index >= 15 is 0 Å². The van der Waals surface area contributed by atoms with Gasteiger partial charge in [0, 0.05) is 9.99 Å². The first kappa shape index (κ1) is 11.5. The van der Waals surface area contributed by atoms with Crippen LogP contribution in [0.2, 0.25) is 0 Å². The number of rotatable bonds is 4. The van der Waals surface area contributed by atoms with E-state index in [1.54, 1.807) is 0 Å². The summed E-state index contributed by atoms with van der Waals surface area (Å²) in [5, 5.41) is 18.0. The number of carboxylic acid groups (broad SMARTS) is 1. The second-order valence-corrected chi connectivity index (χ2v) is 4.25. The van der Waals surface area contributed by atoms with Crippen molar-refractivity contribution < 1.29 is 15.0 Å². The predicted molar refractivity (Wildman–Crippen MR) is 61.0 cm³/mol. The first-order valence-electron chi connectivity index (χ1n) is 4.25. The van der Waals surface area contributed by atoms with E-state index < -0.39 is 12.1 Å². The molecule has 0 aliphatic carbocycles. The maximum Gasteiger partial charge on any atom is 0.303 e. The average Bonchev–Trinajstić information content (AvgIpc) is 2.15. The lowest BCUT2D eigenvalue weighted by molar-refractivity contribution is -0.137. The highest BCUT2D eigenvalue weighted by Crippen LogP contribution is 2.19. The molecular weight excluding hydrogens is 295 g/mol. The van der Waals surface area contributed by atoms with Gasteiger partial charge in [-0.25, -0.2) is 0 Å². The van der Waals surface area contributed by atoms with Crippen molar-refractivity contribution in [2.24, 2.45) is 0 Å². The summed E-state index contributed by atoms with van der Waals surface area (Å²) in [4.78, 5) is 10.3. The minimum Gasteiger partial charge on any atom is -0.481 e. The van der Waals surface area contributed by atoms with Gasteiger partial charge in [-0.2, -0.15) is 0 Å². The number of aliphatic carboxylic acids is 1. The minimum absolute atomic E-state index is 0.00679. The van der Waals surface area contributed by atoms with Crippen LogP contribution in [0, 0.1) is 3.57 Å². The molecule has 0 heterocycles. The molecule has 1 aromatic carbocycles. The van der Waals surface area contributed by atoms with Crippen molar-refractivity contribution in [3.05, 3.63) is 33.4 Å². The van der Waals surface area contributed by atoms with E-state index in [1.807, 2.05) is 24.3 Å². The van der Waals surface area contributed by atoms with Gasteiger partial charge < -0.3 is 10.2 Å². The summed E-state index contributed by atoms with van der Waals surface area (Å²) in [5.74, 6) is -0.880. The molecule has 0 bridgehead atoms. The first-order chi connectivity index (χ1) is 6.59. The van der Waals surface area contributed by atoms with Gasteiger partial charge in [-0.1, -0.05) is 12.1 Å². The zero-order valence-electron chi connectivity index (χ0n) is 7.48. The third-order valence-corrected chi connectivity index (χ3v) is 2.61. The molecule has 0 saturated carbocycles. The second kappa shape index (κ2) is 5.31. The molecule has 3 nitrogen and oxygen atoms in total. The van der Waals surface area contributed by atoms with Crippen molar-refractivity contribution in [1.82, 2.24) is 0 Å². The Kier molecular flexibility index (Phi) is 4.34. The second-order valence-electron chi connectivity index (χ2n) is 3.00. The minimum atomic E-state index is -0.880. The molecule has 76 valence electrons. The number of halogens is 1. The Morgan fingerprint density at radius 1 is 1.36 bits per heavy atom. The van der Waals surface area contributed by atoms with E-state index in [-0.39, 0.29) is 12.8 Å². The van der Waals surface area contributed by atoms with Gasteiger partial charge in [-0.05, 0) is 46.7 Å². The van der Waals surface area contributed by atoms with Crippen molar-refractivity contribution >= 4 is 28.6 Å². The van der Waals surface area contributed by atoms with Gasteiger partial charge >= 0.3 is 5.97 Å². The first-order valence-corrected chi connectivity index (χ1v) is 5.33. The molecule has 2 N–H and O–H groups in total. The van der Waals surface area contributed by atoms with Crippen LogP contribution in [0.15, 0.2) is 24.3 Å². The van der Waals surface area contributed by atoms with Crippen LogP contribution in [0.4, 0.5) is 0 Å². The monoisotopic (exact) mass is 306 g/mol. The van der Waals surface area contributed by atoms with Gasteiger partial charge in [0.05, 0.1) is 6.10 Å². The van der Waals surface area contributed by atoms with E-state index in [2.05, 4.69) is 22.6 Å². The molecule has 1 unspecified atom stereocenters. The summed E-state index contributed by atoms with van der Waals surface area (Å²) in [6.07, 6.45) is -0.425. The lowest BCUT2D eigenvalue weighted by atomic mass is 10.1. The fraction of sp³-hybridized carbons (Fsp3) is 0.300. The van der Waals surface area contributed by atoms with Crippen LogP contribution in [0.3, 0.4) is 0 Å². The lowest BCUT2D eigenvalue weighted by Crippen LogP contribution is -2.02. The summed E-state index contributed by atoms with van der Waals surface area (Å²) in [7, 11) is 0. The molecule has 4 heteroatoms. The molecular formula is C10H11IO3. The van der Waals surface area contributed by atoms with Crippen molar-refractivity contribution in [3.63, 3.8) is 0 Å². The largest absolute Gasteiger partial charge is 0.481 e. The molecule has 0 saturated heterocycles. The standard InChI is InChI=1S/C10H11IO3/c11-8-3-1-7(2-4-8)9(12)5-6-10(13)14/h1-4,9,12H,5-6H2,(H,13,14). The lowest BCUT2D eigenvalue weighted by Gasteiger charge is -2.09. The maximum absolute atomic E-state index is 10.3. The Balaban J connectivity index is 2.56. The van der Waals surface area contributed by atoms with Gasteiger partial charge in [0.25, 0.3) is 0 Å². The molecule has 1 aromatic rings. The molecule has 0 amide bonds. The van der Waals surface area contributed by atoms with Crippen molar-refractivity contribution in [1.29, 1.82) is 0 Å². The number of carbonyl (C=O) groups is 1. The van der Waals surface area contributed by atoms with Gasteiger partial charge in [0.2, 0.25) is 0 Å². The Morgan fingerprint density at radius 2 is 1.93 bits per heavy atom. The highest BCUT2D eigenvalue weighted by atomic mass is 127. The SMILES string of the molecule is O=C(O)CCC(O)c1ccc(I)cc1. The van der Waals surface area contributed by atoms with E-state index in [1.165, 1.54) is 0 Å². The zero-order chi connectivity index (χ0) is 10.6. The predicted octanol–water partition coefficient (Wildman–Crippen LogP) is 2.19. The van der Waals surface area contributed by atoms with Crippen LogP contribution in [-0.4, -0.2) is 16.2 Å². The number of aliphatic hydroxyl groups is 1. The van der Waals surface area contributed by atoms with Crippen LogP contribution < -0.4 is 0 Å². The highest BCUT2D eigenvalue weighted by molar-refractivity contribution is 14.1. The van der Waals surface area contributed by atoms with Gasteiger partial charge in [0.1, 0.15) is 0 Å². The van der Waals surface area contributed by atoms with Crippen LogP contribution in [0.1, 0.15) is 24.5 Å². The zero-order valence-corrected chi connectivity index (χ0v) is 9.64. The number of benzene rings is 1. The van der Waals surface area contributed by atoms with Crippen LogP contribution in [0.25, 0.3) is 0 Å². The fourth-order valence-corrected chi connectivity index (χ4v) is 1.47. The highest BCUT2D eigenvalue weighted by Gasteiger charge is 2.09. The molecule has 0 aromatic heterocycles. The van der Waals surface area contributed by atoms with E-state index in [9.17, 15) is 9.90 Å². The molecule has 1 atom stereocenters. The number of hydrogen-bond donors (Lipinski definition) is 2. The van der Waals surface area contributed by atoms with Gasteiger partial charge in [-0.3, -0.25) is 4.79 Å². The van der Waals surface area contributed by atoms with Gasteiger partial charge in [-0.15, -0.1) is 0 Å². The molecule has 14 heavy (non-hydrogen) atoms. The molecule has 0 aliphatic rings. The van der Waals surface area contributed by atoms with Crippen LogP contribution in [0.5, 0.6) is 0 Å². The van der Waals surface area contributed by atoms with Crippen molar-refractivity contribution in [2.45, 2.75) is 18.9 Å². The number of aliphatic hydroxyl groups excluding tert-OH is 1. The normalized spacial score (nSPS) is 12.4. The van der Waals surface area contributed by atoms with Crippen molar-refractivity contribution in [3.8, 4) is 0 Å². The van der Waals surface area contributed by atoms with E-state index in [0.29, 0.717) is 0 Å². The number of carboxylic acids is 1.